The molecule has 2 fully saturated rings. The Bertz CT molecular complexity index is 915. The summed E-state index contributed by atoms with van der Waals surface area (Å²) >= 11 is 0. The van der Waals surface area contributed by atoms with Crippen LogP contribution in [-0.2, 0) is 26.5 Å². The van der Waals surface area contributed by atoms with E-state index >= 15 is 0 Å². The molecule has 0 radical (unpaired) electrons. The standard InChI is InChI=1S/C21H24N4O4/c26-19(16-8-23-24-9-16)22-10-17-7-15(11-28-17)20(27)25-6-5-21(13-25)18-4-2-1-3-14(18)12-29-21/h1-4,8-9,15,17H,5-7,10-13H2,(H,22,26)(H,23,24)/t15-,17-,21?/m0/s1. The van der Waals surface area contributed by atoms with Crippen LogP contribution in [0.25, 0.3) is 0 Å². The predicted molar refractivity (Wildman–Crippen MR) is 103 cm³/mol. The van der Waals surface area contributed by atoms with Crippen molar-refractivity contribution in [2.45, 2.75) is 31.2 Å². The molecule has 1 aromatic heterocycles. The largest absolute Gasteiger partial charge is 0.376 e. The number of aromatic amines is 1. The summed E-state index contributed by atoms with van der Waals surface area (Å²) in [5.74, 6) is -0.244. The van der Waals surface area contributed by atoms with Crippen molar-refractivity contribution in [1.82, 2.24) is 20.4 Å². The average molecular weight is 396 g/mol. The summed E-state index contributed by atoms with van der Waals surface area (Å²) in [4.78, 5) is 27.0. The number of amides is 2. The fourth-order valence-corrected chi connectivity index (χ4v) is 4.65. The molecule has 2 saturated heterocycles. The van der Waals surface area contributed by atoms with Crippen LogP contribution in [-0.4, -0.2) is 59.3 Å². The van der Waals surface area contributed by atoms with Crippen molar-refractivity contribution in [2.24, 2.45) is 5.92 Å². The lowest BCUT2D eigenvalue weighted by Crippen LogP contribution is -2.38. The molecule has 1 unspecified atom stereocenters. The first-order valence-electron chi connectivity index (χ1n) is 10.0. The Morgan fingerprint density at radius 3 is 3.10 bits per heavy atom. The lowest BCUT2D eigenvalue weighted by molar-refractivity contribution is -0.136. The number of ether oxygens (including phenoxy) is 2. The SMILES string of the molecule is O=C(NC[C@@H]1C[C@H](C(=O)N2CCC3(C2)OCc2ccccc23)CO1)c1cn[nH]c1. The summed E-state index contributed by atoms with van der Waals surface area (Å²) in [6.45, 7) is 2.69. The minimum absolute atomic E-state index is 0.124. The topological polar surface area (TPSA) is 96.6 Å². The fourth-order valence-electron chi connectivity index (χ4n) is 4.65. The highest BCUT2D eigenvalue weighted by atomic mass is 16.5. The van der Waals surface area contributed by atoms with Crippen molar-refractivity contribution >= 4 is 11.8 Å². The number of hydrogen-bond donors (Lipinski definition) is 2. The molecule has 152 valence electrons. The summed E-state index contributed by atoms with van der Waals surface area (Å²) in [5.41, 5.74) is 2.57. The second kappa shape index (κ2) is 7.27. The van der Waals surface area contributed by atoms with Crippen molar-refractivity contribution < 1.29 is 19.1 Å². The second-order valence-electron chi connectivity index (χ2n) is 8.03. The number of nitrogens with one attached hydrogen (secondary N) is 2. The Kier molecular flexibility index (Phi) is 4.60. The number of benzene rings is 1. The lowest BCUT2D eigenvalue weighted by Gasteiger charge is -2.25. The summed E-state index contributed by atoms with van der Waals surface area (Å²) in [6.07, 6.45) is 4.31. The van der Waals surface area contributed by atoms with Crippen molar-refractivity contribution in [3.63, 3.8) is 0 Å². The molecule has 1 spiro atoms. The number of nitrogens with zero attached hydrogens (tertiary/aromatic N) is 2. The predicted octanol–water partition coefficient (Wildman–Crippen LogP) is 1.20. The number of hydrogen-bond acceptors (Lipinski definition) is 5. The molecule has 0 aliphatic carbocycles. The molecule has 8 heteroatoms. The molecule has 2 aromatic rings. The van der Waals surface area contributed by atoms with E-state index in [1.54, 1.807) is 6.20 Å². The molecule has 2 amide bonds. The van der Waals surface area contributed by atoms with E-state index in [9.17, 15) is 9.59 Å². The van der Waals surface area contributed by atoms with Gasteiger partial charge in [0.05, 0.1) is 43.5 Å². The summed E-state index contributed by atoms with van der Waals surface area (Å²) in [6, 6.07) is 8.28. The first kappa shape index (κ1) is 18.3. The minimum atomic E-state index is -0.357. The van der Waals surface area contributed by atoms with E-state index in [1.165, 1.54) is 17.3 Å². The van der Waals surface area contributed by atoms with Gasteiger partial charge in [-0.2, -0.15) is 5.10 Å². The van der Waals surface area contributed by atoms with E-state index in [2.05, 4.69) is 27.6 Å². The zero-order valence-corrected chi connectivity index (χ0v) is 16.1. The first-order chi connectivity index (χ1) is 14.1. The number of fused-ring (bicyclic) bond motifs is 2. The molecule has 0 saturated carbocycles. The maximum Gasteiger partial charge on any atom is 0.254 e. The van der Waals surface area contributed by atoms with Crippen molar-refractivity contribution in [3.8, 4) is 0 Å². The number of aromatic nitrogens is 2. The van der Waals surface area contributed by atoms with Crippen LogP contribution in [0.4, 0.5) is 0 Å². The van der Waals surface area contributed by atoms with E-state index in [1.807, 2.05) is 17.0 Å². The Labute approximate surface area is 168 Å². The minimum Gasteiger partial charge on any atom is -0.376 e. The number of rotatable bonds is 4. The van der Waals surface area contributed by atoms with Gasteiger partial charge in [0.2, 0.25) is 5.91 Å². The van der Waals surface area contributed by atoms with Gasteiger partial charge >= 0.3 is 0 Å². The van der Waals surface area contributed by atoms with E-state index in [-0.39, 0.29) is 29.4 Å². The monoisotopic (exact) mass is 396 g/mol. The van der Waals surface area contributed by atoms with Crippen molar-refractivity contribution in [1.29, 1.82) is 0 Å². The molecule has 4 heterocycles. The van der Waals surface area contributed by atoms with Gasteiger partial charge in [0, 0.05) is 19.3 Å². The van der Waals surface area contributed by atoms with Gasteiger partial charge in [0.25, 0.3) is 5.91 Å². The van der Waals surface area contributed by atoms with Crippen LogP contribution < -0.4 is 5.32 Å². The quantitative estimate of drug-likeness (QED) is 0.810. The Morgan fingerprint density at radius 2 is 2.24 bits per heavy atom. The molecular weight excluding hydrogens is 372 g/mol. The summed E-state index contributed by atoms with van der Waals surface area (Å²) in [5, 5.41) is 9.22. The van der Waals surface area contributed by atoms with E-state index < -0.39 is 0 Å². The maximum absolute atomic E-state index is 13.1. The number of carbonyl (C=O) groups is 2. The maximum atomic E-state index is 13.1. The first-order valence-corrected chi connectivity index (χ1v) is 10.0. The smallest absolute Gasteiger partial charge is 0.254 e. The highest BCUT2D eigenvalue weighted by Crippen LogP contribution is 2.43. The van der Waals surface area contributed by atoms with Gasteiger partial charge in [0.1, 0.15) is 5.60 Å². The van der Waals surface area contributed by atoms with Crippen LogP contribution in [0.2, 0.25) is 0 Å². The van der Waals surface area contributed by atoms with E-state index in [4.69, 9.17) is 9.47 Å². The summed E-state index contributed by atoms with van der Waals surface area (Å²) < 4.78 is 11.9. The lowest BCUT2D eigenvalue weighted by atomic mass is 9.92. The molecule has 2 N–H and O–H groups in total. The fraction of sp³-hybridized carbons (Fsp3) is 0.476. The normalized spacial score (nSPS) is 28.1. The van der Waals surface area contributed by atoms with E-state index in [0.717, 1.165) is 6.42 Å². The molecule has 3 aliphatic heterocycles. The molecule has 29 heavy (non-hydrogen) atoms. The summed E-state index contributed by atoms with van der Waals surface area (Å²) in [7, 11) is 0. The number of H-pyrrole nitrogens is 1. The van der Waals surface area contributed by atoms with E-state index in [0.29, 0.717) is 44.8 Å². The van der Waals surface area contributed by atoms with Crippen LogP contribution in [0.3, 0.4) is 0 Å². The molecule has 0 bridgehead atoms. The van der Waals surface area contributed by atoms with Gasteiger partial charge in [-0.25, -0.2) is 0 Å². The Hall–Kier alpha value is -2.71. The number of likely N-dealkylation sites (tertiary alicyclic amines) is 1. The van der Waals surface area contributed by atoms with Gasteiger partial charge in [-0.05, 0) is 24.0 Å². The highest BCUT2D eigenvalue weighted by molar-refractivity contribution is 5.93. The Balaban J connectivity index is 1.16. The van der Waals surface area contributed by atoms with Gasteiger partial charge < -0.3 is 19.7 Å². The zero-order valence-electron chi connectivity index (χ0n) is 16.1. The molecule has 5 rings (SSSR count). The third kappa shape index (κ3) is 3.32. The third-order valence-electron chi connectivity index (χ3n) is 6.24. The second-order valence-corrected chi connectivity index (χ2v) is 8.03. The molecule has 8 nitrogen and oxygen atoms in total. The third-order valence-corrected chi connectivity index (χ3v) is 6.24. The highest BCUT2D eigenvalue weighted by Gasteiger charge is 2.48. The van der Waals surface area contributed by atoms with Gasteiger partial charge in [-0.3, -0.25) is 14.7 Å². The average Bonchev–Trinajstić information content (AvgIpc) is 3.54. The Morgan fingerprint density at radius 1 is 1.34 bits per heavy atom. The van der Waals surface area contributed by atoms with Crippen LogP contribution >= 0.6 is 0 Å². The van der Waals surface area contributed by atoms with Crippen molar-refractivity contribution in [3.05, 3.63) is 53.3 Å². The molecule has 3 aliphatic rings. The van der Waals surface area contributed by atoms with Gasteiger partial charge in [0.15, 0.2) is 0 Å². The van der Waals surface area contributed by atoms with Crippen LogP contribution in [0.1, 0.15) is 34.3 Å². The molecular formula is C21H24N4O4. The molecule has 1 aromatic carbocycles. The van der Waals surface area contributed by atoms with Crippen LogP contribution in [0, 0.1) is 5.92 Å². The molecule has 3 atom stereocenters. The van der Waals surface area contributed by atoms with Gasteiger partial charge in [-0.1, -0.05) is 24.3 Å². The van der Waals surface area contributed by atoms with Gasteiger partial charge in [-0.15, -0.1) is 0 Å². The van der Waals surface area contributed by atoms with Crippen molar-refractivity contribution in [2.75, 3.05) is 26.2 Å². The zero-order chi connectivity index (χ0) is 19.8. The van der Waals surface area contributed by atoms with Crippen LogP contribution in [0.5, 0.6) is 0 Å². The van der Waals surface area contributed by atoms with Crippen LogP contribution in [0.15, 0.2) is 36.7 Å². The number of carbonyl (C=O) groups excluding carboxylic acids is 2.